The van der Waals surface area contributed by atoms with Crippen LogP contribution in [0.2, 0.25) is 0 Å². The molecule has 0 fully saturated rings. The zero-order valence-electron chi connectivity index (χ0n) is 16.4. The van der Waals surface area contributed by atoms with Crippen molar-refractivity contribution in [2.24, 2.45) is 0 Å². The van der Waals surface area contributed by atoms with Gasteiger partial charge in [-0.05, 0) is 67.8 Å². The van der Waals surface area contributed by atoms with Gasteiger partial charge in [0, 0.05) is 23.4 Å². The van der Waals surface area contributed by atoms with Gasteiger partial charge in [0.25, 0.3) is 11.8 Å². The topological polar surface area (TPSA) is 58.2 Å². The Morgan fingerprint density at radius 2 is 1.39 bits per heavy atom. The summed E-state index contributed by atoms with van der Waals surface area (Å²) in [6, 6.07) is 20.5. The molecule has 0 atom stereocenters. The SMILES string of the molecule is Cc1ccc(NC(=O)c2ccc(C(=O)NCc3ccccc3C)cc2)c(C)c1. The lowest BCUT2D eigenvalue weighted by atomic mass is 10.1. The lowest BCUT2D eigenvalue weighted by Crippen LogP contribution is -2.23. The number of aryl methyl sites for hydroxylation is 3. The molecule has 3 aromatic rings. The van der Waals surface area contributed by atoms with Gasteiger partial charge in [-0.25, -0.2) is 0 Å². The van der Waals surface area contributed by atoms with Crippen LogP contribution in [0.25, 0.3) is 0 Å². The zero-order valence-corrected chi connectivity index (χ0v) is 16.4. The molecular weight excluding hydrogens is 348 g/mol. The molecule has 0 radical (unpaired) electrons. The Morgan fingerprint density at radius 3 is 2.04 bits per heavy atom. The molecule has 2 amide bonds. The Bertz CT molecular complexity index is 1010. The van der Waals surface area contributed by atoms with Crippen molar-refractivity contribution in [2.75, 3.05) is 5.32 Å². The van der Waals surface area contributed by atoms with Crippen LogP contribution in [0, 0.1) is 20.8 Å². The lowest BCUT2D eigenvalue weighted by molar-refractivity contribution is 0.0949. The van der Waals surface area contributed by atoms with E-state index >= 15 is 0 Å². The molecule has 4 heteroatoms. The molecular formula is C24H24N2O2. The Morgan fingerprint density at radius 1 is 0.750 bits per heavy atom. The minimum atomic E-state index is -0.196. The maximum Gasteiger partial charge on any atom is 0.255 e. The number of rotatable bonds is 5. The predicted molar refractivity (Wildman–Crippen MR) is 113 cm³/mol. The third-order valence-electron chi connectivity index (χ3n) is 4.74. The van der Waals surface area contributed by atoms with E-state index in [-0.39, 0.29) is 11.8 Å². The summed E-state index contributed by atoms with van der Waals surface area (Å²) in [6.07, 6.45) is 0. The molecule has 0 spiro atoms. The van der Waals surface area contributed by atoms with Gasteiger partial charge in [-0.2, -0.15) is 0 Å². The number of carbonyl (C=O) groups excluding carboxylic acids is 2. The third kappa shape index (κ3) is 4.65. The number of amides is 2. The molecule has 4 nitrogen and oxygen atoms in total. The second-order valence-electron chi connectivity index (χ2n) is 6.96. The highest BCUT2D eigenvalue weighted by Gasteiger charge is 2.10. The maximum absolute atomic E-state index is 12.5. The quantitative estimate of drug-likeness (QED) is 0.676. The van der Waals surface area contributed by atoms with Crippen molar-refractivity contribution in [3.05, 3.63) is 100 Å². The first-order chi connectivity index (χ1) is 13.4. The zero-order chi connectivity index (χ0) is 20.1. The van der Waals surface area contributed by atoms with E-state index in [9.17, 15) is 9.59 Å². The monoisotopic (exact) mass is 372 g/mol. The molecule has 0 aliphatic carbocycles. The van der Waals surface area contributed by atoms with E-state index in [0.29, 0.717) is 17.7 Å². The van der Waals surface area contributed by atoms with Crippen LogP contribution in [0.3, 0.4) is 0 Å². The van der Waals surface area contributed by atoms with Gasteiger partial charge < -0.3 is 10.6 Å². The van der Waals surface area contributed by atoms with Crippen molar-refractivity contribution in [3.8, 4) is 0 Å². The molecule has 3 aromatic carbocycles. The summed E-state index contributed by atoms with van der Waals surface area (Å²) >= 11 is 0. The van der Waals surface area contributed by atoms with Gasteiger partial charge in [-0.3, -0.25) is 9.59 Å². The number of anilines is 1. The van der Waals surface area contributed by atoms with Crippen LogP contribution in [-0.2, 0) is 6.54 Å². The number of nitrogens with one attached hydrogen (secondary N) is 2. The molecule has 0 bridgehead atoms. The molecule has 0 saturated heterocycles. The minimum Gasteiger partial charge on any atom is -0.348 e. The fourth-order valence-corrected chi connectivity index (χ4v) is 3.01. The first kappa shape index (κ1) is 19.4. The highest BCUT2D eigenvalue weighted by molar-refractivity contribution is 6.05. The summed E-state index contributed by atoms with van der Waals surface area (Å²) < 4.78 is 0. The normalized spacial score (nSPS) is 10.4. The van der Waals surface area contributed by atoms with Gasteiger partial charge >= 0.3 is 0 Å². The summed E-state index contributed by atoms with van der Waals surface area (Å²) in [5.74, 6) is -0.358. The van der Waals surface area contributed by atoms with Gasteiger partial charge in [0.05, 0.1) is 0 Å². The molecule has 0 aromatic heterocycles. The second-order valence-corrected chi connectivity index (χ2v) is 6.96. The fourth-order valence-electron chi connectivity index (χ4n) is 3.01. The van der Waals surface area contributed by atoms with E-state index in [1.165, 1.54) is 0 Å². The van der Waals surface area contributed by atoms with Crippen LogP contribution >= 0.6 is 0 Å². The number of hydrogen-bond acceptors (Lipinski definition) is 2. The molecule has 0 saturated carbocycles. The molecule has 0 aliphatic heterocycles. The smallest absolute Gasteiger partial charge is 0.255 e. The van der Waals surface area contributed by atoms with Crippen molar-refractivity contribution in [1.82, 2.24) is 5.32 Å². The van der Waals surface area contributed by atoms with Gasteiger partial charge in [-0.15, -0.1) is 0 Å². The Balaban J connectivity index is 1.63. The van der Waals surface area contributed by atoms with Crippen LogP contribution in [-0.4, -0.2) is 11.8 Å². The number of benzene rings is 3. The van der Waals surface area contributed by atoms with Crippen molar-refractivity contribution in [2.45, 2.75) is 27.3 Å². The second kappa shape index (κ2) is 8.53. The van der Waals surface area contributed by atoms with Crippen molar-refractivity contribution < 1.29 is 9.59 Å². The van der Waals surface area contributed by atoms with Gasteiger partial charge in [0.1, 0.15) is 0 Å². The predicted octanol–water partition coefficient (Wildman–Crippen LogP) is 4.79. The first-order valence-electron chi connectivity index (χ1n) is 9.25. The van der Waals surface area contributed by atoms with E-state index in [1.54, 1.807) is 24.3 Å². The molecule has 0 unspecified atom stereocenters. The van der Waals surface area contributed by atoms with Crippen molar-refractivity contribution in [1.29, 1.82) is 0 Å². The largest absolute Gasteiger partial charge is 0.348 e. The van der Waals surface area contributed by atoms with Crippen LogP contribution in [0.4, 0.5) is 5.69 Å². The fraction of sp³-hybridized carbons (Fsp3) is 0.167. The van der Waals surface area contributed by atoms with Gasteiger partial charge in [-0.1, -0.05) is 42.0 Å². The summed E-state index contributed by atoms with van der Waals surface area (Å²) in [6.45, 7) is 6.47. The minimum absolute atomic E-state index is 0.162. The van der Waals surface area contributed by atoms with Crippen LogP contribution in [0.5, 0.6) is 0 Å². The van der Waals surface area contributed by atoms with Crippen molar-refractivity contribution in [3.63, 3.8) is 0 Å². The Labute approximate surface area is 165 Å². The number of carbonyl (C=O) groups is 2. The Hall–Kier alpha value is -3.40. The van der Waals surface area contributed by atoms with Crippen molar-refractivity contribution >= 4 is 17.5 Å². The standard InChI is InChI=1S/C24H24N2O2/c1-16-8-13-22(18(3)14-16)26-24(28)20-11-9-19(10-12-20)23(27)25-15-21-7-5-4-6-17(21)2/h4-14H,15H2,1-3H3,(H,25,27)(H,26,28). The third-order valence-corrected chi connectivity index (χ3v) is 4.74. The molecule has 142 valence electrons. The van der Waals surface area contributed by atoms with E-state index < -0.39 is 0 Å². The molecule has 0 aliphatic rings. The number of hydrogen-bond donors (Lipinski definition) is 2. The summed E-state index contributed by atoms with van der Waals surface area (Å²) in [5.41, 5.74) is 6.21. The van der Waals surface area contributed by atoms with Gasteiger partial charge in [0.2, 0.25) is 0 Å². The summed E-state index contributed by atoms with van der Waals surface area (Å²) in [5, 5.41) is 5.83. The molecule has 28 heavy (non-hydrogen) atoms. The van der Waals surface area contributed by atoms with Crippen LogP contribution in [0.1, 0.15) is 43.0 Å². The molecule has 0 heterocycles. The van der Waals surface area contributed by atoms with E-state index in [0.717, 1.165) is 27.9 Å². The maximum atomic E-state index is 12.5. The lowest BCUT2D eigenvalue weighted by Gasteiger charge is -2.10. The highest BCUT2D eigenvalue weighted by atomic mass is 16.2. The highest BCUT2D eigenvalue weighted by Crippen LogP contribution is 2.17. The average molecular weight is 372 g/mol. The van der Waals surface area contributed by atoms with E-state index in [4.69, 9.17) is 0 Å². The molecule has 3 rings (SSSR count). The van der Waals surface area contributed by atoms with Crippen LogP contribution < -0.4 is 10.6 Å². The summed E-state index contributed by atoms with van der Waals surface area (Å²) in [7, 11) is 0. The van der Waals surface area contributed by atoms with Crippen LogP contribution in [0.15, 0.2) is 66.7 Å². The first-order valence-corrected chi connectivity index (χ1v) is 9.25. The Kier molecular flexibility index (Phi) is 5.90. The van der Waals surface area contributed by atoms with Gasteiger partial charge in [0.15, 0.2) is 0 Å². The van der Waals surface area contributed by atoms with E-state index in [2.05, 4.69) is 10.6 Å². The average Bonchev–Trinajstić information content (AvgIpc) is 2.69. The molecule has 2 N–H and O–H groups in total. The summed E-state index contributed by atoms with van der Waals surface area (Å²) in [4.78, 5) is 24.8. The van der Waals surface area contributed by atoms with E-state index in [1.807, 2.05) is 63.2 Å².